The normalized spacial score (nSPS) is 11.1. The van der Waals surface area contributed by atoms with Crippen LogP contribution >= 0.6 is 0 Å². The number of amides is 1. The van der Waals surface area contributed by atoms with Gasteiger partial charge in [0.15, 0.2) is 5.60 Å². The van der Waals surface area contributed by atoms with Gasteiger partial charge in [-0.25, -0.2) is 0 Å². The van der Waals surface area contributed by atoms with Crippen LogP contribution in [0.25, 0.3) is 0 Å². The van der Waals surface area contributed by atoms with E-state index in [1.54, 1.807) is 17.1 Å². The molecule has 0 aromatic heterocycles. The van der Waals surface area contributed by atoms with Gasteiger partial charge in [-0.3, -0.25) is 15.2 Å². The van der Waals surface area contributed by atoms with E-state index in [0.717, 1.165) is 16.8 Å². The molecule has 0 fully saturated rings. The zero-order chi connectivity index (χ0) is 20.1. The highest BCUT2D eigenvalue weighted by molar-refractivity contribution is 5.91. The number of para-hydroxylation sites is 1. The summed E-state index contributed by atoms with van der Waals surface area (Å²) in [5.74, 6) is -0.491. The monoisotopic (exact) mass is 374 g/mol. The van der Waals surface area contributed by atoms with E-state index in [2.05, 4.69) is 5.43 Å². The summed E-state index contributed by atoms with van der Waals surface area (Å²) in [6, 6.07) is 24.5. The number of carbonyl (C=O) groups is 1. The molecule has 0 saturated heterocycles. The summed E-state index contributed by atoms with van der Waals surface area (Å²) in [4.78, 5) is 13.4. The van der Waals surface area contributed by atoms with Gasteiger partial charge in [0.1, 0.15) is 0 Å². The number of rotatable bonds is 6. The molecule has 3 rings (SSSR count). The van der Waals surface area contributed by atoms with Crippen LogP contribution in [0.3, 0.4) is 0 Å². The minimum atomic E-state index is -1.81. The van der Waals surface area contributed by atoms with Gasteiger partial charge in [0.25, 0.3) is 5.91 Å². The second-order valence-electron chi connectivity index (χ2n) is 6.97. The molecule has 1 amide bonds. The zero-order valence-electron chi connectivity index (χ0n) is 16.5. The maximum Gasteiger partial charge on any atom is 0.279 e. The Balaban J connectivity index is 2.05. The first-order chi connectivity index (χ1) is 13.4. The topological polar surface area (TPSA) is 52.6 Å². The predicted octanol–water partition coefficient (Wildman–Crippen LogP) is 4.10. The third-order valence-electron chi connectivity index (χ3n) is 4.82. The third-order valence-corrected chi connectivity index (χ3v) is 4.82. The second-order valence-corrected chi connectivity index (χ2v) is 6.97. The van der Waals surface area contributed by atoms with Gasteiger partial charge < -0.3 is 5.11 Å². The first-order valence-electron chi connectivity index (χ1n) is 9.45. The number of hydrogen-bond donors (Lipinski definition) is 2. The smallest absolute Gasteiger partial charge is 0.279 e. The van der Waals surface area contributed by atoms with Crippen LogP contribution in [0.2, 0.25) is 0 Å². The molecular weight excluding hydrogens is 348 g/mol. The molecule has 3 aromatic carbocycles. The van der Waals surface area contributed by atoms with Gasteiger partial charge in [-0.05, 0) is 44.0 Å². The SMILES string of the molecule is CCN(NC(=O)C(O)(c1cccc(C)c1)c1cccc(C)c1)c1ccccc1. The largest absolute Gasteiger partial charge is 0.372 e. The van der Waals surface area contributed by atoms with Gasteiger partial charge in [-0.1, -0.05) is 77.9 Å². The Morgan fingerprint density at radius 1 is 0.893 bits per heavy atom. The quantitative estimate of drug-likeness (QED) is 0.639. The van der Waals surface area contributed by atoms with Crippen molar-refractivity contribution in [2.45, 2.75) is 26.4 Å². The van der Waals surface area contributed by atoms with Crippen molar-refractivity contribution in [3.05, 3.63) is 101 Å². The van der Waals surface area contributed by atoms with Gasteiger partial charge in [-0.2, -0.15) is 0 Å². The summed E-state index contributed by atoms with van der Waals surface area (Å²) < 4.78 is 0. The lowest BCUT2D eigenvalue weighted by Gasteiger charge is -2.32. The Morgan fingerprint density at radius 3 is 1.89 bits per heavy atom. The lowest BCUT2D eigenvalue weighted by Crippen LogP contribution is -2.52. The van der Waals surface area contributed by atoms with Crippen LogP contribution in [0.15, 0.2) is 78.9 Å². The number of nitrogens with one attached hydrogen (secondary N) is 1. The predicted molar refractivity (Wildman–Crippen MR) is 113 cm³/mol. The molecule has 0 spiro atoms. The highest BCUT2D eigenvalue weighted by atomic mass is 16.3. The van der Waals surface area contributed by atoms with Crippen LogP contribution in [-0.2, 0) is 10.4 Å². The number of hydrazine groups is 1. The average Bonchev–Trinajstić information content (AvgIpc) is 2.71. The summed E-state index contributed by atoms with van der Waals surface area (Å²) in [6.07, 6.45) is 0. The maximum atomic E-state index is 13.4. The van der Waals surface area contributed by atoms with Gasteiger partial charge in [0.2, 0.25) is 0 Å². The van der Waals surface area contributed by atoms with Crippen molar-refractivity contribution in [3.63, 3.8) is 0 Å². The molecule has 0 unspecified atom stereocenters. The average molecular weight is 374 g/mol. The van der Waals surface area contributed by atoms with Crippen molar-refractivity contribution in [1.82, 2.24) is 5.43 Å². The highest BCUT2D eigenvalue weighted by Crippen LogP contribution is 2.31. The molecule has 28 heavy (non-hydrogen) atoms. The van der Waals surface area contributed by atoms with E-state index in [-0.39, 0.29) is 0 Å². The highest BCUT2D eigenvalue weighted by Gasteiger charge is 2.41. The third kappa shape index (κ3) is 3.92. The van der Waals surface area contributed by atoms with E-state index >= 15 is 0 Å². The zero-order valence-corrected chi connectivity index (χ0v) is 16.5. The van der Waals surface area contributed by atoms with Crippen molar-refractivity contribution >= 4 is 11.6 Å². The van der Waals surface area contributed by atoms with Crippen molar-refractivity contribution < 1.29 is 9.90 Å². The molecule has 4 heteroatoms. The molecule has 4 nitrogen and oxygen atoms in total. The molecule has 0 bridgehead atoms. The number of aryl methyl sites for hydroxylation is 2. The standard InChI is InChI=1S/C24H26N2O2/c1-4-26(22-14-6-5-7-15-22)25-23(27)24(28,20-12-8-10-18(2)16-20)21-13-9-11-19(3)17-21/h5-17,28H,4H2,1-3H3,(H,25,27). The number of benzene rings is 3. The van der Waals surface area contributed by atoms with Crippen molar-refractivity contribution in [3.8, 4) is 0 Å². The lowest BCUT2D eigenvalue weighted by molar-refractivity contribution is -0.136. The Kier molecular flexibility index (Phi) is 5.81. The van der Waals surface area contributed by atoms with E-state index in [1.807, 2.05) is 87.5 Å². The van der Waals surface area contributed by atoms with Crippen LogP contribution in [0, 0.1) is 13.8 Å². The molecule has 2 N–H and O–H groups in total. The first kappa shape index (κ1) is 19.6. The van der Waals surface area contributed by atoms with Gasteiger partial charge in [-0.15, -0.1) is 0 Å². The maximum absolute atomic E-state index is 13.4. The molecule has 3 aromatic rings. The van der Waals surface area contributed by atoms with Crippen LogP contribution in [-0.4, -0.2) is 17.6 Å². The minimum Gasteiger partial charge on any atom is -0.372 e. The van der Waals surface area contributed by atoms with E-state index in [1.165, 1.54) is 0 Å². The Labute approximate surface area is 166 Å². The Bertz CT molecular complexity index is 908. The number of hydrogen-bond acceptors (Lipinski definition) is 3. The fourth-order valence-corrected chi connectivity index (χ4v) is 3.31. The van der Waals surface area contributed by atoms with Crippen molar-refractivity contribution in [2.24, 2.45) is 0 Å². The van der Waals surface area contributed by atoms with Crippen LogP contribution in [0.5, 0.6) is 0 Å². The summed E-state index contributed by atoms with van der Waals surface area (Å²) >= 11 is 0. The fraction of sp³-hybridized carbons (Fsp3) is 0.208. The van der Waals surface area contributed by atoms with Gasteiger partial charge in [0.05, 0.1) is 5.69 Å². The van der Waals surface area contributed by atoms with Crippen LogP contribution in [0.4, 0.5) is 5.69 Å². The minimum absolute atomic E-state index is 0.491. The van der Waals surface area contributed by atoms with Gasteiger partial charge in [0, 0.05) is 6.54 Å². The van der Waals surface area contributed by atoms with E-state index in [9.17, 15) is 9.90 Å². The van der Waals surface area contributed by atoms with E-state index < -0.39 is 11.5 Å². The Morgan fingerprint density at radius 2 is 1.43 bits per heavy atom. The molecule has 0 heterocycles. The molecule has 0 atom stereocenters. The number of carbonyl (C=O) groups excluding carboxylic acids is 1. The number of nitrogens with zero attached hydrogens (tertiary/aromatic N) is 1. The molecule has 0 aliphatic rings. The van der Waals surface area contributed by atoms with E-state index in [0.29, 0.717) is 17.7 Å². The molecule has 0 saturated carbocycles. The first-order valence-corrected chi connectivity index (χ1v) is 9.45. The number of anilines is 1. The molecule has 0 aliphatic carbocycles. The Hall–Kier alpha value is -3.11. The molecule has 144 valence electrons. The fourth-order valence-electron chi connectivity index (χ4n) is 3.31. The van der Waals surface area contributed by atoms with Gasteiger partial charge >= 0.3 is 0 Å². The lowest BCUT2D eigenvalue weighted by atomic mass is 9.84. The molecule has 0 radical (unpaired) electrons. The van der Waals surface area contributed by atoms with Crippen molar-refractivity contribution in [2.75, 3.05) is 11.6 Å². The van der Waals surface area contributed by atoms with Crippen LogP contribution in [0.1, 0.15) is 29.2 Å². The van der Waals surface area contributed by atoms with Crippen molar-refractivity contribution in [1.29, 1.82) is 0 Å². The second kappa shape index (κ2) is 8.28. The summed E-state index contributed by atoms with van der Waals surface area (Å²) in [7, 11) is 0. The molecular formula is C24H26N2O2. The van der Waals surface area contributed by atoms with Crippen LogP contribution < -0.4 is 10.4 Å². The van der Waals surface area contributed by atoms with E-state index in [4.69, 9.17) is 0 Å². The molecule has 0 aliphatic heterocycles. The summed E-state index contributed by atoms with van der Waals surface area (Å²) in [6.45, 7) is 6.40. The summed E-state index contributed by atoms with van der Waals surface area (Å²) in [5.41, 5.74) is 4.99. The summed E-state index contributed by atoms with van der Waals surface area (Å²) in [5, 5.41) is 13.5. The number of aliphatic hydroxyl groups is 1.